The first-order valence-electron chi connectivity index (χ1n) is 9.27. The van der Waals surface area contributed by atoms with Gasteiger partial charge >= 0.3 is 0 Å². The van der Waals surface area contributed by atoms with Gasteiger partial charge in [-0.25, -0.2) is 22.8 Å². The fraction of sp³-hybridized carbons (Fsp3) is 0.250. The minimum absolute atomic E-state index is 0.191. The molecule has 0 saturated heterocycles. The summed E-state index contributed by atoms with van der Waals surface area (Å²) in [5.74, 6) is 1.29. The number of pyridine rings is 1. The highest BCUT2D eigenvalue weighted by Gasteiger charge is 2.17. The Morgan fingerprint density at radius 2 is 1.87 bits per heavy atom. The molecule has 0 aliphatic rings. The van der Waals surface area contributed by atoms with Crippen molar-refractivity contribution in [3.63, 3.8) is 0 Å². The lowest BCUT2D eigenvalue weighted by Gasteiger charge is -2.19. The third-order valence-electron chi connectivity index (χ3n) is 4.48. The van der Waals surface area contributed by atoms with Crippen LogP contribution in [0.1, 0.15) is 16.7 Å². The number of hydrogen-bond acceptors (Lipinski definition) is 7. The zero-order valence-corrected chi connectivity index (χ0v) is 18.6. The van der Waals surface area contributed by atoms with Crippen molar-refractivity contribution in [1.29, 1.82) is 0 Å². The summed E-state index contributed by atoms with van der Waals surface area (Å²) in [7, 11) is -2.05. The zero-order chi connectivity index (χ0) is 22.4. The lowest BCUT2D eigenvalue weighted by molar-refractivity contribution is 0.484. The summed E-state index contributed by atoms with van der Waals surface area (Å²) in [6.45, 7) is -0.562. The third-order valence-corrected chi connectivity index (χ3v) is 5.96. The second-order valence-electron chi connectivity index (χ2n) is 6.73. The fourth-order valence-corrected chi connectivity index (χ4v) is 3.37. The molecule has 0 spiro atoms. The van der Waals surface area contributed by atoms with Gasteiger partial charge in [0.1, 0.15) is 18.3 Å². The molecule has 0 bridgehead atoms. The van der Waals surface area contributed by atoms with Crippen LogP contribution in [0.25, 0.3) is 0 Å². The van der Waals surface area contributed by atoms with Crippen molar-refractivity contribution in [3.05, 3.63) is 65.5 Å². The van der Waals surface area contributed by atoms with E-state index in [4.69, 9.17) is 11.6 Å². The summed E-state index contributed by atoms with van der Waals surface area (Å²) in [5, 5.41) is 6.13. The topological polar surface area (TPSA) is 100 Å². The Kier molecular flexibility index (Phi) is 7.24. The van der Waals surface area contributed by atoms with E-state index >= 15 is 0 Å². The molecule has 0 aliphatic carbocycles. The van der Waals surface area contributed by atoms with E-state index in [1.165, 1.54) is 19.4 Å². The van der Waals surface area contributed by atoms with Crippen LogP contribution in [0.4, 0.5) is 27.7 Å². The van der Waals surface area contributed by atoms with E-state index in [0.717, 1.165) is 21.8 Å². The predicted molar refractivity (Wildman–Crippen MR) is 121 cm³/mol. The Morgan fingerprint density at radius 3 is 2.52 bits per heavy atom. The van der Waals surface area contributed by atoms with Gasteiger partial charge in [-0.3, -0.25) is 4.31 Å². The largest absolute Gasteiger partial charge is 0.365 e. The number of halogens is 2. The Balaban J connectivity index is 1.81. The molecule has 3 aromatic rings. The first kappa shape index (κ1) is 22.7. The zero-order valence-electron chi connectivity index (χ0n) is 17.0. The summed E-state index contributed by atoms with van der Waals surface area (Å²) < 4.78 is 38.4. The minimum atomic E-state index is -3.48. The van der Waals surface area contributed by atoms with Gasteiger partial charge in [-0.15, -0.1) is 11.6 Å². The summed E-state index contributed by atoms with van der Waals surface area (Å²) >= 11 is 5.80. The highest BCUT2D eigenvalue weighted by Crippen LogP contribution is 2.22. The van der Waals surface area contributed by atoms with Gasteiger partial charge < -0.3 is 10.6 Å². The maximum atomic E-state index is 13.5. The fourth-order valence-electron chi connectivity index (χ4n) is 2.71. The van der Waals surface area contributed by atoms with E-state index in [1.54, 1.807) is 12.1 Å². The van der Waals surface area contributed by atoms with Gasteiger partial charge in [-0.05, 0) is 23.8 Å². The van der Waals surface area contributed by atoms with E-state index in [9.17, 15) is 12.8 Å². The Bertz CT molecular complexity index is 1140. The van der Waals surface area contributed by atoms with Crippen LogP contribution in [0.5, 0.6) is 0 Å². The highest BCUT2D eigenvalue weighted by molar-refractivity contribution is 7.92. The molecule has 31 heavy (non-hydrogen) atoms. The van der Waals surface area contributed by atoms with Crippen LogP contribution in [-0.2, 0) is 29.1 Å². The molecule has 2 heterocycles. The molecule has 8 nitrogen and oxygen atoms in total. The molecule has 0 radical (unpaired) electrons. The number of rotatable bonds is 9. The van der Waals surface area contributed by atoms with E-state index in [1.807, 2.05) is 24.3 Å². The van der Waals surface area contributed by atoms with Crippen molar-refractivity contribution in [3.8, 4) is 0 Å². The Hall–Kier alpha value is -2.98. The van der Waals surface area contributed by atoms with Crippen LogP contribution >= 0.6 is 11.6 Å². The minimum Gasteiger partial charge on any atom is -0.365 e. The van der Waals surface area contributed by atoms with E-state index < -0.39 is 16.7 Å². The molecule has 0 saturated carbocycles. The van der Waals surface area contributed by atoms with Crippen molar-refractivity contribution in [1.82, 2.24) is 15.0 Å². The van der Waals surface area contributed by atoms with Crippen LogP contribution in [0.3, 0.4) is 0 Å². The Morgan fingerprint density at radius 1 is 1.13 bits per heavy atom. The lowest BCUT2D eigenvalue weighted by atomic mass is 10.2. The number of benzene rings is 1. The van der Waals surface area contributed by atoms with E-state index in [0.29, 0.717) is 17.3 Å². The first-order chi connectivity index (χ1) is 14.8. The van der Waals surface area contributed by atoms with Gasteiger partial charge in [0, 0.05) is 48.7 Å². The normalized spacial score (nSPS) is 11.2. The number of nitrogens with zero attached hydrogens (tertiary/aromatic N) is 4. The van der Waals surface area contributed by atoms with Gasteiger partial charge in [-0.2, -0.15) is 4.98 Å². The van der Waals surface area contributed by atoms with Gasteiger partial charge in [0.15, 0.2) is 0 Å². The van der Waals surface area contributed by atoms with Crippen LogP contribution < -0.4 is 14.9 Å². The van der Waals surface area contributed by atoms with Crippen molar-refractivity contribution < 1.29 is 12.8 Å². The number of anilines is 4. The molecule has 0 atom stereocenters. The van der Waals surface area contributed by atoms with Gasteiger partial charge in [-0.1, -0.05) is 18.2 Å². The lowest BCUT2D eigenvalue weighted by Crippen LogP contribution is -2.27. The average molecular weight is 465 g/mol. The molecule has 0 aliphatic heterocycles. The van der Waals surface area contributed by atoms with Gasteiger partial charge in [0.2, 0.25) is 16.0 Å². The van der Waals surface area contributed by atoms with Crippen molar-refractivity contribution in [2.75, 3.05) is 28.2 Å². The smallest absolute Gasteiger partial charge is 0.233 e. The molecule has 0 fully saturated rings. The summed E-state index contributed by atoms with van der Waals surface area (Å²) in [6.07, 6.45) is 4.01. The number of sulfonamides is 1. The molecule has 2 N–H and O–H groups in total. The molecular formula is C20H22ClFN6O2S. The average Bonchev–Trinajstić information content (AvgIpc) is 2.77. The standard InChI is InChI=1S/C20H22ClFN6O2S/c1-28(31(2,29)30)19-15(4-3-9-23-19)12-24-18-16(11-22)13-25-20(27-18)26-17-7-5-14(10-21)6-8-17/h3-9,13H,10-12H2,1-2H3,(H2,24,25,26,27). The molecule has 164 valence electrons. The van der Waals surface area contributed by atoms with E-state index in [-0.39, 0.29) is 23.9 Å². The van der Waals surface area contributed by atoms with Crippen molar-refractivity contribution in [2.24, 2.45) is 0 Å². The summed E-state index contributed by atoms with van der Waals surface area (Å²) in [6, 6.07) is 10.9. The predicted octanol–water partition coefficient (Wildman–Crippen LogP) is 3.83. The molecule has 0 unspecified atom stereocenters. The summed E-state index contributed by atoms with van der Waals surface area (Å²) in [5.41, 5.74) is 2.64. The molecule has 0 amide bonds. The van der Waals surface area contributed by atoms with Gasteiger partial charge in [0.25, 0.3) is 0 Å². The quantitative estimate of drug-likeness (QED) is 0.464. The Labute approximate surface area is 185 Å². The number of alkyl halides is 2. The monoisotopic (exact) mass is 464 g/mol. The van der Waals surface area contributed by atoms with Crippen LogP contribution in [0.2, 0.25) is 0 Å². The highest BCUT2D eigenvalue weighted by atomic mass is 35.5. The van der Waals surface area contributed by atoms with Crippen LogP contribution in [0.15, 0.2) is 48.8 Å². The molecule has 3 rings (SSSR count). The second kappa shape index (κ2) is 9.88. The molecular weight excluding hydrogens is 443 g/mol. The number of nitrogens with one attached hydrogen (secondary N) is 2. The van der Waals surface area contributed by atoms with Crippen LogP contribution in [0, 0.1) is 0 Å². The van der Waals surface area contributed by atoms with Crippen LogP contribution in [-0.4, -0.2) is 36.7 Å². The maximum absolute atomic E-state index is 13.5. The van der Waals surface area contributed by atoms with Gasteiger partial charge in [0.05, 0.1) is 6.26 Å². The van der Waals surface area contributed by atoms with E-state index in [2.05, 4.69) is 25.6 Å². The third kappa shape index (κ3) is 5.80. The number of hydrogen-bond donors (Lipinski definition) is 2. The first-order valence-corrected chi connectivity index (χ1v) is 11.7. The SMILES string of the molecule is CN(c1ncccc1CNc1nc(Nc2ccc(CCl)cc2)ncc1CF)S(C)(=O)=O. The number of aromatic nitrogens is 3. The van der Waals surface area contributed by atoms with Crippen molar-refractivity contribution in [2.45, 2.75) is 19.1 Å². The van der Waals surface area contributed by atoms with Crippen molar-refractivity contribution >= 4 is 44.9 Å². The maximum Gasteiger partial charge on any atom is 0.233 e. The summed E-state index contributed by atoms with van der Waals surface area (Å²) in [4.78, 5) is 12.7. The molecule has 11 heteroatoms. The molecule has 2 aromatic heterocycles. The second-order valence-corrected chi connectivity index (χ2v) is 9.01. The molecule has 1 aromatic carbocycles.